The molecule has 4 heteroatoms. The third-order valence-corrected chi connectivity index (χ3v) is 2.70. The quantitative estimate of drug-likeness (QED) is 0.632. The molecule has 2 aliphatic rings. The van der Waals surface area contributed by atoms with Gasteiger partial charge in [-0.15, -0.1) is 0 Å². The van der Waals surface area contributed by atoms with Gasteiger partial charge in [-0.1, -0.05) is 0 Å². The van der Waals surface area contributed by atoms with E-state index in [0.29, 0.717) is 24.8 Å². The summed E-state index contributed by atoms with van der Waals surface area (Å²) in [6.45, 7) is 1.12. The molecule has 0 N–H and O–H groups in total. The predicted molar refractivity (Wildman–Crippen MR) is 45.2 cm³/mol. The Hall–Kier alpha value is -1.06. The van der Waals surface area contributed by atoms with Crippen LogP contribution < -0.4 is 0 Å². The van der Waals surface area contributed by atoms with Crippen molar-refractivity contribution in [3.63, 3.8) is 0 Å². The van der Waals surface area contributed by atoms with Gasteiger partial charge in [-0.05, 0) is 12.8 Å². The van der Waals surface area contributed by atoms with E-state index in [0.717, 1.165) is 12.8 Å². The Balaban J connectivity index is 1.77. The van der Waals surface area contributed by atoms with Gasteiger partial charge in [0.25, 0.3) is 0 Å². The molecule has 1 aliphatic heterocycles. The summed E-state index contributed by atoms with van der Waals surface area (Å²) < 4.78 is 4.53. The lowest BCUT2D eigenvalue weighted by Gasteiger charge is -2.36. The summed E-state index contributed by atoms with van der Waals surface area (Å²) >= 11 is 0. The molecule has 1 saturated heterocycles. The second-order valence-electron chi connectivity index (χ2n) is 3.75. The highest BCUT2D eigenvalue weighted by Crippen LogP contribution is 2.35. The average molecular weight is 183 g/mol. The molecule has 1 aliphatic carbocycles. The molecule has 0 aromatic carbocycles. The normalized spacial score (nSPS) is 22.4. The van der Waals surface area contributed by atoms with Crippen LogP contribution in [0.1, 0.15) is 12.8 Å². The smallest absolute Gasteiger partial charge is 0.409 e. The van der Waals surface area contributed by atoms with Crippen LogP contribution >= 0.6 is 0 Å². The van der Waals surface area contributed by atoms with E-state index in [1.165, 1.54) is 7.11 Å². The first-order chi connectivity index (χ1) is 6.22. The van der Waals surface area contributed by atoms with E-state index in [1.807, 2.05) is 0 Å². The summed E-state index contributed by atoms with van der Waals surface area (Å²) in [6, 6.07) is 0. The van der Waals surface area contributed by atoms with Crippen molar-refractivity contribution in [3.05, 3.63) is 0 Å². The fraction of sp³-hybridized carbons (Fsp3) is 0.778. The molecule has 0 aromatic rings. The minimum absolute atomic E-state index is 0.0894. The Morgan fingerprint density at radius 3 is 2.31 bits per heavy atom. The van der Waals surface area contributed by atoms with E-state index >= 15 is 0 Å². The maximum absolute atomic E-state index is 11.5. The van der Waals surface area contributed by atoms with E-state index in [4.69, 9.17) is 0 Å². The van der Waals surface area contributed by atoms with Gasteiger partial charge in [0.05, 0.1) is 13.0 Å². The summed E-state index contributed by atoms with van der Waals surface area (Å²) in [4.78, 5) is 24.0. The third kappa shape index (κ3) is 1.53. The Labute approximate surface area is 76.8 Å². The first kappa shape index (κ1) is 8.53. The lowest BCUT2D eigenvalue weighted by molar-refractivity contribution is -0.128. The zero-order valence-corrected chi connectivity index (χ0v) is 7.66. The molecule has 0 aromatic heterocycles. The van der Waals surface area contributed by atoms with E-state index in [1.54, 1.807) is 4.90 Å². The largest absolute Gasteiger partial charge is 0.453 e. The molecular weight excluding hydrogens is 170 g/mol. The van der Waals surface area contributed by atoms with Gasteiger partial charge in [-0.3, -0.25) is 4.79 Å². The zero-order valence-electron chi connectivity index (χ0n) is 7.66. The summed E-state index contributed by atoms with van der Waals surface area (Å²) in [5, 5.41) is 0. The molecule has 0 atom stereocenters. The lowest BCUT2D eigenvalue weighted by atomic mass is 9.93. The van der Waals surface area contributed by atoms with Gasteiger partial charge in [0.2, 0.25) is 0 Å². The maximum atomic E-state index is 11.5. The van der Waals surface area contributed by atoms with Gasteiger partial charge in [0.15, 0.2) is 0 Å². The molecular formula is C9H13NO3. The van der Waals surface area contributed by atoms with E-state index in [-0.39, 0.29) is 12.0 Å². The van der Waals surface area contributed by atoms with Crippen molar-refractivity contribution >= 4 is 11.9 Å². The number of carbonyl (C=O) groups excluding carboxylic acids is 2. The SMILES string of the molecule is COC(=O)N1CC(C(=O)C2CC2)C1. The molecule has 72 valence electrons. The van der Waals surface area contributed by atoms with Gasteiger partial charge in [0.1, 0.15) is 5.78 Å². The fourth-order valence-corrected chi connectivity index (χ4v) is 1.64. The highest BCUT2D eigenvalue weighted by molar-refractivity contribution is 5.88. The van der Waals surface area contributed by atoms with Crippen molar-refractivity contribution in [2.45, 2.75) is 12.8 Å². The maximum Gasteiger partial charge on any atom is 0.409 e. The Morgan fingerprint density at radius 1 is 1.23 bits per heavy atom. The Bertz CT molecular complexity index is 241. The molecule has 0 radical (unpaired) electrons. The predicted octanol–water partition coefficient (Wildman–Crippen LogP) is 0.664. The molecule has 2 rings (SSSR count). The van der Waals surface area contributed by atoms with Crippen LogP contribution in [0.15, 0.2) is 0 Å². The van der Waals surface area contributed by atoms with Crippen molar-refractivity contribution in [1.29, 1.82) is 0 Å². The number of Topliss-reactive ketones (excluding diaryl/α,β-unsaturated/α-hetero) is 1. The first-order valence-electron chi connectivity index (χ1n) is 4.59. The number of amides is 1. The second kappa shape index (κ2) is 3.01. The van der Waals surface area contributed by atoms with Crippen molar-refractivity contribution in [3.8, 4) is 0 Å². The molecule has 0 bridgehead atoms. The van der Waals surface area contributed by atoms with Crippen LogP contribution in [0.4, 0.5) is 4.79 Å². The van der Waals surface area contributed by atoms with Crippen molar-refractivity contribution in [1.82, 2.24) is 4.90 Å². The molecule has 1 saturated carbocycles. The highest BCUT2D eigenvalue weighted by Gasteiger charge is 2.42. The molecule has 0 unspecified atom stereocenters. The van der Waals surface area contributed by atoms with Crippen LogP contribution in [0.5, 0.6) is 0 Å². The lowest BCUT2D eigenvalue weighted by Crippen LogP contribution is -2.53. The number of rotatable bonds is 2. The number of hydrogen-bond donors (Lipinski definition) is 0. The van der Waals surface area contributed by atoms with E-state index in [2.05, 4.69) is 4.74 Å². The molecule has 1 heterocycles. The Morgan fingerprint density at radius 2 is 1.85 bits per heavy atom. The molecule has 1 amide bonds. The zero-order chi connectivity index (χ0) is 9.42. The van der Waals surface area contributed by atoms with Crippen molar-refractivity contribution in [2.24, 2.45) is 11.8 Å². The van der Waals surface area contributed by atoms with Gasteiger partial charge in [0, 0.05) is 19.0 Å². The number of methoxy groups -OCH3 is 1. The monoisotopic (exact) mass is 183 g/mol. The van der Waals surface area contributed by atoms with Gasteiger partial charge >= 0.3 is 6.09 Å². The topological polar surface area (TPSA) is 46.6 Å². The number of ether oxygens (including phenoxy) is 1. The number of likely N-dealkylation sites (tertiary alicyclic amines) is 1. The van der Waals surface area contributed by atoms with E-state index < -0.39 is 0 Å². The van der Waals surface area contributed by atoms with Crippen LogP contribution in [-0.4, -0.2) is 37.0 Å². The Kier molecular flexibility index (Phi) is 1.98. The second-order valence-corrected chi connectivity index (χ2v) is 3.75. The number of carbonyl (C=O) groups is 2. The summed E-state index contributed by atoms with van der Waals surface area (Å²) in [6.07, 6.45) is 1.78. The fourth-order valence-electron chi connectivity index (χ4n) is 1.64. The van der Waals surface area contributed by atoms with Gasteiger partial charge < -0.3 is 9.64 Å². The van der Waals surface area contributed by atoms with Crippen molar-refractivity contribution < 1.29 is 14.3 Å². The summed E-state index contributed by atoms with van der Waals surface area (Å²) in [5.74, 6) is 0.747. The molecule has 13 heavy (non-hydrogen) atoms. The van der Waals surface area contributed by atoms with Crippen LogP contribution in [0.25, 0.3) is 0 Å². The average Bonchev–Trinajstić information content (AvgIpc) is 2.83. The van der Waals surface area contributed by atoms with Gasteiger partial charge in [-0.2, -0.15) is 0 Å². The van der Waals surface area contributed by atoms with Gasteiger partial charge in [-0.25, -0.2) is 4.79 Å². The molecule has 2 fully saturated rings. The van der Waals surface area contributed by atoms with E-state index in [9.17, 15) is 9.59 Å². The minimum Gasteiger partial charge on any atom is -0.453 e. The third-order valence-electron chi connectivity index (χ3n) is 2.70. The number of nitrogens with zero attached hydrogens (tertiary/aromatic N) is 1. The standard InChI is InChI=1S/C9H13NO3/c1-13-9(12)10-4-7(5-10)8(11)6-2-3-6/h6-7H,2-5H2,1H3. The number of ketones is 1. The number of hydrogen-bond acceptors (Lipinski definition) is 3. The van der Waals surface area contributed by atoms with Crippen LogP contribution in [-0.2, 0) is 9.53 Å². The van der Waals surface area contributed by atoms with Crippen molar-refractivity contribution in [2.75, 3.05) is 20.2 Å². The summed E-state index contributed by atoms with van der Waals surface area (Å²) in [5.41, 5.74) is 0. The van der Waals surface area contributed by atoms with Crippen LogP contribution in [0.3, 0.4) is 0 Å². The minimum atomic E-state index is -0.320. The first-order valence-corrected chi connectivity index (χ1v) is 4.59. The summed E-state index contributed by atoms with van der Waals surface area (Å²) in [7, 11) is 1.36. The molecule has 0 spiro atoms. The van der Waals surface area contributed by atoms with Crippen LogP contribution in [0, 0.1) is 11.8 Å². The molecule has 4 nitrogen and oxygen atoms in total. The van der Waals surface area contributed by atoms with Crippen LogP contribution in [0.2, 0.25) is 0 Å². The highest BCUT2D eigenvalue weighted by atomic mass is 16.5.